The second kappa shape index (κ2) is 13.9. The van der Waals surface area contributed by atoms with E-state index in [1.54, 1.807) is 0 Å². The van der Waals surface area contributed by atoms with E-state index in [0.717, 1.165) is 43.4 Å². The molecule has 0 bridgehead atoms. The van der Waals surface area contributed by atoms with Crippen molar-refractivity contribution in [3.63, 3.8) is 0 Å². The van der Waals surface area contributed by atoms with Crippen molar-refractivity contribution < 1.29 is 9.90 Å². The molecule has 0 aliphatic rings. The van der Waals surface area contributed by atoms with Crippen molar-refractivity contribution >= 4 is 60.0 Å². The minimum atomic E-state index is -2.03. The van der Waals surface area contributed by atoms with E-state index >= 15 is 0 Å². The Morgan fingerprint density at radius 1 is 0.574 bits per heavy atom. The lowest BCUT2D eigenvalue weighted by molar-refractivity contribution is -0.130. The first-order chi connectivity index (χ1) is 22.0. The van der Waals surface area contributed by atoms with Crippen molar-refractivity contribution in [2.24, 2.45) is 0 Å². The van der Waals surface area contributed by atoms with Gasteiger partial charge in [-0.3, -0.25) is 0 Å². The highest BCUT2D eigenvalue weighted by molar-refractivity contribution is 6.91. The molecule has 4 heteroatoms. The zero-order chi connectivity index (χ0) is 35.0. The predicted molar refractivity (Wildman–Crippen MR) is 211 cm³/mol. The largest absolute Gasteiger partial charge is 0.478 e. The summed E-state index contributed by atoms with van der Waals surface area (Å²) < 4.78 is 0. The number of rotatable bonds is 8. The van der Waals surface area contributed by atoms with Gasteiger partial charge in [0.15, 0.2) is 0 Å². The van der Waals surface area contributed by atoms with Gasteiger partial charge in [-0.2, -0.15) is 0 Å². The molecule has 0 aliphatic heterocycles. The average molecular weight is 659 g/mol. The molecular weight excluding hydrogens is 605 g/mol. The lowest BCUT2D eigenvalue weighted by Gasteiger charge is -2.38. The smallest absolute Gasteiger partial charge is 0.335 e. The van der Waals surface area contributed by atoms with Gasteiger partial charge in [0, 0.05) is 11.1 Å². The van der Waals surface area contributed by atoms with Gasteiger partial charge in [0.2, 0.25) is 0 Å². The highest BCUT2D eigenvalue weighted by Crippen LogP contribution is 2.43. The van der Waals surface area contributed by atoms with Crippen molar-refractivity contribution in [2.45, 2.75) is 116 Å². The quantitative estimate of drug-likeness (QED) is 0.0885. The molecular formula is C43H54O2Si2. The molecule has 0 heterocycles. The van der Waals surface area contributed by atoms with Crippen molar-refractivity contribution in [1.82, 2.24) is 0 Å². The fraction of sp³-hybridized carbons (Fsp3) is 0.419. The maximum Gasteiger partial charge on any atom is 0.335 e. The van der Waals surface area contributed by atoms with Crippen LogP contribution in [0.5, 0.6) is 0 Å². The zero-order valence-corrected chi connectivity index (χ0v) is 32.7. The van der Waals surface area contributed by atoms with E-state index in [9.17, 15) is 9.90 Å². The predicted octanol–water partition coefficient (Wildman–Crippen LogP) is 12.4. The van der Waals surface area contributed by atoms with Gasteiger partial charge < -0.3 is 5.11 Å². The Morgan fingerprint density at radius 3 is 1.32 bits per heavy atom. The Balaban J connectivity index is 2.24. The molecule has 246 valence electrons. The summed E-state index contributed by atoms with van der Waals surface area (Å²) >= 11 is 0. The molecule has 4 aromatic carbocycles. The standard InChI is InChI=1S/C43H54O2Si2/c1-27(2)46(28(3)4,29(5)6)22-20-39-37-16-14-15-17-38(37)40(21-23-47(30(7)8,31(9)10)32(11)12)42-26-36-24-34(33(13)43(44)45)18-19-35(36)25-41(39)42/h14-19,24-32H,13H2,1-12H3,(H,44,45). The average Bonchev–Trinajstić information content (AvgIpc) is 2.99. The highest BCUT2D eigenvalue weighted by atomic mass is 28.3. The first-order valence-corrected chi connectivity index (χ1v) is 21.9. The van der Waals surface area contributed by atoms with Crippen LogP contribution in [0.2, 0.25) is 33.2 Å². The molecule has 47 heavy (non-hydrogen) atoms. The molecule has 2 nitrogen and oxygen atoms in total. The number of hydrogen-bond donors (Lipinski definition) is 1. The maximum absolute atomic E-state index is 11.8. The number of benzene rings is 4. The van der Waals surface area contributed by atoms with E-state index in [-0.39, 0.29) is 5.57 Å². The summed E-state index contributed by atoms with van der Waals surface area (Å²) in [6.45, 7) is 32.1. The Labute approximate surface area is 286 Å². The van der Waals surface area contributed by atoms with Gasteiger partial charge in [0.05, 0.1) is 5.57 Å². The summed E-state index contributed by atoms with van der Waals surface area (Å²) in [4.78, 5) is 11.8. The van der Waals surface area contributed by atoms with Crippen LogP contribution >= 0.6 is 0 Å². The van der Waals surface area contributed by atoms with Crippen LogP contribution < -0.4 is 0 Å². The van der Waals surface area contributed by atoms with Gasteiger partial charge in [-0.05, 0) is 89.3 Å². The van der Waals surface area contributed by atoms with Crippen LogP contribution in [0.25, 0.3) is 37.9 Å². The van der Waals surface area contributed by atoms with Crippen LogP contribution in [0.4, 0.5) is 0 Å². The summed E-state index contributed by atoms with van der Waals surface area (Å²) in [7, 11) is -4.04. The Morgan fingerprint density at radius 2 is 0.957 bits per heavy atom. The highest BCUT2D eigenvalue weighted by Gasteiger charge is 2.42. The van der Waals surface area contributed by atoms with Crippen LogP contribution in [0, 0.1) is 22.9 Å². The summed E-state index contributed by atoms with van der Waals surface area (Å²) in [6, 6.07) is 18.9. The number of carbonyl (C=O) groups is 1. The second-order valence-electron chi connectivity index (χ2n) is 15.3. The molecule has 0 fully saturated rings. The summed E-state index contributed by atoms with van der Waals surface area (Å²) in [5.74, 6) is 6.70. The van der Waals surface area contributed by atoms with Crippen molar-refractivity contribution in [1.29, 1.82) is 0 Å². The molecule has 4 aromatic rings. The molecule has 0 saturated heterocycles. The SMILES string of the molecule is C=C(C(=O)O)c1ccc2cc3c(C#C[Si](C(C)C)(C(C)C)C(C)C)c4ccccc4c(C#C[Si](C(C)C)(C(C)C)C(C)C)c3cc2c1. The van der Waals surface area contributed by atoms with E-state index in [1.807, 2.05) is 18.2 Å². The fourth-order valence-corrected chi connectivity index (χ4v) is 19.1. The number of fused-ring (bicyclic) bond motifs is 3. The second-order valence-corrected chi connectivity index (χ2v) is 26.5. The Hall–Kier alpha value is -3.58. The van der Waals surface area contributed by atoms with Crippen molar-refractivity contribution in [3.8, 4) is 22.9 Å². The minimum absolute atomic E-state index is 0.0935. The lowest BCUT2D eigenvalue weighted by Crippen LogP contribution is -2.43. The normalized spacial score (nSPS) is 12.5. The minimum Gasteiger partial charge on any atom is -0.478 e. The number of aliphatic carboxylic acids is 1. The Bertz CT molecular complexity index is 1930. The summed E-state index contributed by atoms with van der Waals surface area (Å²) in [5, 5.41) is 16.2. The first-order valence-electron chi connectivity index (χ1n) is 17.4. The van der Waals surface area contributed by atoms with Crippen LogP contribution in [-0.4, -0.2) is 27.2 Å². The van der Waals surface area contributed by atoms with Gasteiger partial charge in [-0.1, -0.05) is 138 Å². The monoisotopic (exact) mass is 658 g/mol. The molecule has 4 rings (SSSR count). The molecule has 0 atom stereocenters. The number of carboxylic acid groups (broad SMARTS) is 1. The molecule has 0 saturated carbocycles. The maximum atomic E-state index is 11.8. The molecule has 0 unspecified atom stereocenters. The lowest BCUT2D eigenvalue weighted by atomic mass is 9.90. The molecule has 0 amide bonds. The van der Waals surface area contributed by atoms with Crippen LogP contribution in [0.15, 0.2) is 61.2 Å². The summed E-state index contributed by atoms with van der Waals surface area (Å²) in [6.07, 6.45) is 0. The van der Waals surface area contributed by atoms with Gasteiger partial charge in [-0.15, -0.1) is 11.1 Å². The van der Waals surface area contributed by atoms with E-state index in [0.29, 0.717) is 38.8 Å². The summed E-state index contributed by atoms with van der Waals surface area (Å²) in [5.41, 5.74) is 14.0. The Kier molecular flexibility index (Phi) is 10.7. The molecule has 0 radical (unpaired) electrons. The third-order valence-corrected chi connectivity index (χ3v) is 23.7. The van der Waals surface area contributed by atoms with Crippen LogP contribution in [0.3, 0.4) is 0 Å². The number of carboxylic acids is 1. The fourth-order valence-electron chi connectivity index (χ4n) is 8.71. The van der Waals surface area contributed by atoms with Gasteiger partial charge in [0.25, 0.3) is 0 Å². The van der Waals surface area contributed by atoms with Crippen molar-refractivity contribution in [2.75, 3.05) is 0 Å². The number of hydrogen-bond acceptors (Lipinski definition) is 1. The van der Waals surface area contributed by atoms with E-state index in [2.05, 4.69) is 149 Å². The van der Waals surface area contributed by atoms with Crippen molar-refractivity contribution in [3.05, 3.63) is 77.9 Å². The third kappa shape index (κ3) is 6.36. The van der Waals surface area contributed by atoms with Gasteiger partial charge in [-0.25, -0.2) is 4.79 Å². The van der Waals surface area contributed by atoms with Gasteiger partial charge in [0.1, 0.15) is 16.1 Å². The topological polar surface area (TPSA) is 37.3 Å². The van der Waals surface area contributed by atoms with Crippen LogP contribution in [-0.2, 0) is 4.79 Å². The third-order valence-electron chi connectivity index (χ3n) is 11.1. The molecule has 1 N–H and O–H groups in total. The molecule has 0 aromatic heterocycles. The van der Waals surface area contributed by atoms with E-state index in [1.165, 1.54) is 0 Å². The van der Waals surface area contributed by atoms with Crippen LogP contribution in [0.1, 0.15) is 99.8 Å². The van der Waals surface area contributed by atoms with E-state index in [4.69, 9.17) is 0 Å². The van der Waals surface area contributed by atoms with E-state index < -0.39 is 22.1 Å². The zero-order valence-electron chi connectivity index (χ0n) is 30.7. The first kappa shape index (κ1) is 36.3. The molecule has 0 aliphatic carbocycles. The van der Waals surface area contributed by atoms with Gasteiger partial charge >= 0.3 is 5.97 Å². The molecule has 0 spiro atoms.